The van der Waals surface area contributed by atoms with E-state index in [-0.39, 0.29) is 0 Å². The molecule has 5 heteroatoms. The van der Waals surface area contributed by atoms with E-state index in [1.54, 1.807) is 22.7 Å². The number of aryl methyl sites for hydroxylation is 2. The van der Waals surface area contributed by atoms with Crippen LogP contribution in [0.2, 0.25) is 0 Å². The van der Waals surface area contributed by atoms with E-state index in [1.165, 1.54) is 43.6 Å². The maximum absolute atomic E-state index is 5.49. The third kappa shape index (κ3) is 3.53. The van der Waals surface area contributed by atoms with Crippen molar-refractivity contribution in [3.63, 3.8) is 0 Å². The van der Waals surface area contributed by atoms with Crippen molar-refractivity contribution in [3.05, 3.63) is 34.0 Å². The fraction of sp³-hybridized carbons (Fsp3) is 0.200. The molecule has 0 unspecified atom stereocenters. The Bertz CT molecular complexity index is 392. The molecule has 0 fully saturated rings. The van der Waals surface area contributed by atoms with E-state index in [1.807, 2.05) is 0 Å². The van der Waals surface area contributed by atoms with E-state index in [0.717, 1.165) is 0 Å². The molecule has 0 aliphatic heterocycles. The SMILES string of the molecule is Cc1csc(SOSc2cc(C)cs2)c1. The maximum atomic E-state index is 5.49. The second kappa shape index (κ2) is 5.41. The average molecular weight is 274 g/mol. The lowest BCUT2D eigenvalue weighted by Crippen LogP contribution is -1.64. The van der Waals surface area contributed by atoms with Gasteiger partial charge in [0.1, 0.15) is 0 Å². The molecule has 2 heterocycles. The van der Waals surface area contributed by atoms with Crippen LogP contribution in [-0.2, 0) is 3.63 Å². The van der Waals surface area contributed by atoms with Gasteiger partial charge < -0.3 is 0 Å². The second-order valence-electron chi connectivity index (χ2n) is 3.12. The molecule has 0 atom stereocenters. The van der Waals surface area contributed by atoms with Gasteiger partial charge in [0.05, 0.1) is 32.5 Å². The van der Waals surface area contributed by atoms with Gasteiger partial charge in [0.25, 0.3) is 0 Å². The van der Waals surface area contributed by atoms with Crippen LogP contribution in [0, 0.1) is 13.8 Å². The Morgan fingerprint density at radius 3 is 1.73 bits per heavy atom. The Morgan fingerprint density at radius 1 is 0.933 bits per heavy atom. The van der Waals surface area contributed by atoms with Gasteiger partial charge in [0, 0.05) is 0 Å². The predicted molar refractivity (Wildman–Crippen MR) is 70.9 cm³/mol. The molecule has 0 saturated carbocycles. The van der Waals surface area contributed by atoms with E-state index < -0.39 is 0 Å². The van der Waals surface area contributed by atoms with E-state index >= 15 is 0 Å². The summed E-state index contributed by atoms with van der Waals surface area (Å²) in [4.78, 5) is 0. The zero-order valence-corrected chi connectivity index (χ0v) is 11.6. The van der Waals surface area contributed by atoms with Crippen LogP contribution in [0.1, 0.15) is 11.1 Å². The van der Waals surface area contributed by atoms with Gasteiger partial charge in [-0.1, -0.05) is 0 Å². The molecule has 0 spiro atoms. The van der Waals surface area contributed by atoms with Gasteiger partial charge in [0.2, 0.25) is 0 Å². The van der Waals surface area contributed by atoms with Crippen molar-refractivity contribution >= 4 is 46.8 Å². The first kappa shape index (κ1) is 11.5. The van der Waals surface area contributed by atoms with Crippen LogP contribution in [0.4, 0.5) is 0 Å². The highest BCUT2D eigenvalue weighted by Crippen LogP contribution is 2.35. The summed E-state index contributed by atoms with van der Waals surface area (Å²) in [5.74, 6) is 0. The molecule has 0 radical (unpaired) electrons. The summed E-state index contributed by atoms with van der Waals surface area (Å²) in [6.07, 6.45) is 0. The van der Waals surface area contributed by atoms with Crippen LogP contribution in [0.25, 0.3) is 0 Å². The zero-order valence-electron chi connectivity index (χ0n) is 8.35. The lowest BCUT2D eigenvalue weighted by Gasteiger charge is -1.95. The van der Waals surface area contributed by atoms with Crippen LogP contribution in [0.5, 0.6) is 0 Å². The van der Waals surface area contributed by atoms with Crippen LogP contribution in [0.15, 0.2) is 31.3 Å². The number of hydrogen-bond acceptors (Lipinski definition) is 5. The average Bonchev–Trinajstić information content (AvgIpc) is 2.76. The summed E-state index contributed by atoms with van der Waals surface area (Å²) in [5.41, 5.74) is 2.59. The van der Waals surface area contributed by atoms with Crippen molar-refractivity contribution < 1.29 is 3.63 Å². The Balaban J connectivity index is 1.80. The fourth-order valence-electron chi connectivity index (χ4n) is 0.981. The van der Waals surface area contributed by atoms with Crippen molar-refractivity contribution in [2.24, 2.45) is 0 Å². The largest absolute Gasteiger partial charge is 0.235 e. The molecule has 0 bridgehead atoms. The summed E-state index contributed by atoms with van der Waals surface area (Å²) >= 11 is 6.30. The molecule has 2 aromatic rings. The minimum atomic E-state index is 1.20. The topological polar surface area (TPSA) is 9.23 Å². The minimum Gasteiger partial charge on any atom is -0.235 e. The van der Waals surface area contributed by atoms with Gasteiger partial charge in [-0.05, 0) is 47.9 Å². The van der Waals surface area contributed by atoms with Gasteiger partial charge in [0.15, 0.2) is 0 Å². The highest BCUT2D eigenvalue weighted by atomic mass is 32.3. The zero-order chi connectivity index (χ0) is 10.7. The first-order valence-corrected chi connectivity index (χ1v) is 7.60. The third-order valence-electron chi connectivity index (χ3n) is 1.65. The lowest BCUT2D eigenvalue weighted by atomic mass is 10.4. The van der Waals surface area contributed by atoms with Crippen molar-refractivity contribution in [2.45, 2.75) is 22.3 Å². The Labute approximate surface area is 106 Å². The van der Waals surface area contributed by atoms with Gasteiger partial charge in [-0.25, -0.2) is 3.63 Å². The van der Waals surface area contributed by atoms with E-state index in [0.29, 0.717) is 0 Å². The maximum Gasteiger partial charge on any atom is 0.0891 e. The smallest absolute Gasteiger partial charge is 0.0891 e. The Morgan fingerprint density at radius 2 is 1.40 bits per heavy atom. The lowest BCUT2D eigenvalue weighted by molar-refractivity contribution is 0.761. The standard InChI is InChI=1S/C10H10OS4/c1-7-3-9(12-5-7)14-11-15-10-4-8(2)6-13-10/h3-6H,1-2H3. The molecular weight excluding hydrogens is 264 g/mol. The summed E-state index contributed by atoms with van der Waals surface area (Å²) < 4.78 is 7.89. The highest BCUT2D eigenvalue weighted by molar-refractivity contribution is 8.09. The first-order valence-electron chi connectivity index (χ1n) is 4.35. The number of rotatable bonds is 4. The quantitative estimate of drug-likeness (QED) is 0.713. The number of thiophene rings is 2. The molecule has 0 aromatic carbocycles. The fourth-order valence-corrected chi connectivity index (χ4v) is 4.47. The molecule has 80 valence electrons. The van der Waals surface area contributed by atoms with Crippen molar-refractivity contribution in [2.75, 3.05) is 0 Å². The summed E-state index contributed by atoms with van der Waals surface area (Å²) in [7, 11) is 0. The molecule has 15 heavy (non-hydrogen) atoms. The van der Waals surface area contributed by atoms with Crippen molar-refractivity contribution in [1.82, 2.24) is 0 Å². The summed E-state index contributed by atoms with van der Waals surface area (Å²) in [6, 6.07) is 4.27. The molecular formula is C10H10OS4. The van der Waals surface area contributed by atoms with E-state index in [9.17, 15) is 0 Å². The second-order valence-corrected chi connectivity index (χ2v) is 7.22. The van der Waals surface area contributed by atoms with E-state index in [2.05, 4.69) is 36.7 Å². The number of hydrogen-bond donors (Lipinski definition) is 0. The van der Waals surface area contributed by atoms with Crippen LogP contribution < -0.4 is 0 Å². The highest BCUT2D eigenvalue weighted by Gasteiger charge is 2.01. The van der Waals surface area contributed by atoms with Gasteiger partial charge in [-0.2, -0.15) is 0 Å². The van der Waals surface area contributed by atoms with Crippen LogP contribution >= 0.6 is 46.8 Å². The van der Waals surface area contributed by atoms with Gasteiger partial charge in [-0.3, -0.25) is 0 Å². The summed E-state index contributed by atoms with van der Waals surface area (Å²) in [5, 5.41) is 4.26. The van der Waals surface area contributed by atoms with Crippen molar-refractivity contribution in [3.8, 4) is 0 Å². The third-order valence-corrected chi connectivity index (χ3v) is 5.42. The van der Waals surface area contributed by atoms with Gasteiger partial charge >= 0.3 is 0 Å². The minimum absolute atomic E-state index is 1.20. The summed E-state index contributed by atoms with van der Waals surface area (Å²) in [6.45, 7) is 4.19. The van der Waals surface area contributed by atoms with Crippen LogP contribution in [-0.4, -0.2) is 0 Å². The van der Waals surface area contributed by atoms with Crippen molar-refractivity contribution in [1.29, 1.82) is 0 Å². The molecule has 2 aromatic heterocycles. The van der Waals surface area contributed by atoms with Gasteiger partial charge in [-0.15, -0.1) is 22.7 Å². The molecule has 0 aliphatic rings. The Hall–Kier alpha value is 0.0600. The molecule has 0 amide bonds. The normalized spacial score (nSPS) is 10.8. The Kier molecular flexibility index (Phi) is 4.16. The molecule has 0 aliphatic carbocycles. The van der Waals surface area contributed by atoms with Crippen LogP contribution in [0.3, 0.4) is 0 Å². The molecule has 0 saturated heterocycles. The molecule has 1 nitrogen and oxygen atoms in total. The molecule has 2 rings (SSSR count). The monoisotopic (exact) mass is 274 g/mol. The molecule has 0 N–H and O–H groups in total. The first-order chi connectivity index (χ1) is 7.24. The van der Waals surface area contributed by atoms with E-state index in [4.69, 9.17) is 3.63 Å². The predicted octanol–water partition coefficient (Wildman–Crippen LogP) is 5.16.